The fourth-order valence-corrected chi connectivity index (χ4v) is 0.886. The Morgan fingerprint density at radius 1 is 1.50 bits per heavy atom. The standard InChI is InChI=1S/C9H11NO4/c1-9(2,3)8-10-5(4-11)6(14-8)7(12)13/h4H,1-3H3,(H,12,13). The molecule has 0 saturated carbocycles. The van der Waals surface area contributed by atoms with Crippen LogP contribution in [0, 0.1) is 0 Å². The van der Waals surface area contributed by atoms with Crippen LogP contribution in [0.1, 0.15) is 47.7 Å². The lowest BCUT2D eigenvalue weighted by atomic mass is 9.97. The average molecular weight is 197 g/mol. The monoisotopic (exact) mass is 197 g/mol. The lowest BCUT2D eigenvalue weighted by Crippen LogP contribution is -2.11. The summed E-state index contributed by atoms with van der Waals surface area (Å²) in [6.07, 6.45) is 0.377. The molecule has 0 aliphatic carbocycles. The molecule has 0 bridgehead atoms. The van der Waals surface area contributed by atoms with Crippen LogP contribution >= 0.6 is 0 Å². The van der Waals surface area contributed by atoms with Gasteiger partial charge in [-0.25, -0.2) is 9.78 Å². The van der Waals surface area contributed by atoms with Crippen molar-refractivity contribution >= 4 is 12.3 Å². The first kappa shape index (κ1) is 10.4. The van der Waals surface area contributed by atoms with Crippen LogP contribution in [0.4, 0.5) is 0 Å². The first-order chi connectivity index (χ1) is 6.36. The third kappa shape index (κ3) is 1.81. The average Bonchev–Trinajstić information content (AvgIpc) is 2.45. The number of carboxylic acids is 1. The van der Waals surface area contributed by atoms with E-state index in [4.69, 9.17) is 9.52 Å². The normalized spacial score (nSPS) is 11.4. The van der Waals surface area contributed by atoms with Crippen molar-refractivity contribution in [2.75, 3.05) is 0 Å². The molecule has 0 aliphatic rings. The van der Waals surface area contributed by atoms with Crippen molar-refractivity contribution in [1.82, 2.24) is 4.98 Å². The molecule has 5 nitrogen and oxygen atoms in total. The highest BCUT2D eigenvalue weighted by molar-refractivity contribution is 5.93. The Morgan fingerprint density at radius 2 is 2.07 bits per heavy atom. The molecule has 76 valence electrons. The zero-order chi connectivity index (χ0) is 10.9. The van der Waals surface area contributed by atoms with E-state index in [1.807, 2.05) is 20.8 Å². The first-order valence-corrected chi connectivity index (χ1v) is 4.06. The van der Waals surface area contributed by atoms with Gasteiger partial charge in [0.2, 0.25) is 11.7 Å². The van der Waals surface area contributed by atoms with Crippen molar-refractivity contribution in [3.63, 3.8) is 0 Å². The number of rotatable bonds is 2. The summed E-state index contributed by atoms with van der Waals surface area (Å²) < 4.78 is 4.99. The van der Waals surface area contributed by atoms with E-state index in [2.05, 4.69) is 4.98 Å². The Hall–Kier alpha value is -1.65. The van der Waals surface area contributed by atoms with Crippen molar-refractivity contribution in [1.29, 1.82) is 0 Å². The quantitative estimate of drug-likeness (QED) is 0.726. The summed E-state index contributed by atoms with van der Waals surface area (Å²) in [5.74, 6) is -1.43. The van der Waals surface area contributed by atoms with E-state index in [0.29, 0.717) is 6.29 Å². The highest BCUT2D eigenvalue weighted by Crippen LogP contribution is 2.23. The fraction of sp³-hybridized carbons (Fsp3) is 0.444. The zero-order valence-corrected chi connectivity index (χ0v) is 8.20. The third-order valence-electron chi connectivity index (χ3n) is 1.60. The van der Waals surface area contributed by atoms with Crippen LogP contribution in [-0.4, -0.2) is 22.3 Å². The Labute approximate surface area is 80.8 Å². The molecule has 0 amide bonds. The van der Waals surface area contributed by atoms with E-state index >= 15 is 0 Å². The highest BCUT2D eigenvalue weighted by atomic mass is 16.4. The number of carbonyl (C=O) groups excluding carboxylic acids is 1. The van der Waals surface area contributed by atoms with Gasteiger partial charge in [0, 0.05) is 5.41 Å². The maximum Gasteiger partial charge on any atom is 0.374 e. The third-order valence-corrected chi connectivity index (χ3v) is 1.60. The van der Waals surface area contributed by atoms with Crippen molar-refractivity contribution in [3.8, 4) is 0 Å². The Kier molecular flexibility index (Phi) is 2.42. The van der Waals surface area contributed by atoms with Crippen LogP contribution in [0.2, 0.25) is 0 Å². The van der Waals surface area contributed by atoms with Crippen molar-refractivity contribution in [3.05, 3.63) is 17.3 Å². The fourth-order valence-electron chi connectivity index (χ4n) is 0.886. The second-order valence-corrected chi connectivity index (χ2v) is 3.91. The summed E-state index contributed by atoms with van der Waals surface area (Å²) in [5.41, 5.74) is -0.576. The molecule has 5 heteroatoms. The second kappa shape index (κ2) is 3.25. The summed E-state index contributed by atoms with van der Waals surface area (Å²) in [5, 5.41) is 8.68. The van der Waals surface area contributed by atoms with Crippen LogP contribution in [0.15, 0.2) is 4.42 Å². The molecule has 0 radical (unpaired) electrons. The van der Waals surface area contributed by atoms with Gasteiger partial charge in [-0.05, 0) is 0 Å². The smallest absolute Gasteiger partial charge is 0.374 e. The van der Waals surface area contributed by atoms with Crippen molar-refractivity contribution in [2.24, 2.45) is 0 Å². The summed E-state index contributed by atoms with van der Waals surface area (Å²) >= 11 is 0. The predicted octanol–water partition coefficient (Wildman–Crippen LogP) is 1.48. The van der Waals surface area contributed by atoms with Gasteiger partial charge >= 0.3 is 5.97 Å². The minimum absolute atomic E-state index is 0.164. The van der Waals surface area contributed by atoms with Crippen LogP contribution in [-0.2, 0) is 5.41 Å². The highest BCUT2D eigenvalue weighted by Gasteiger charge is 2.26. The van der Waals surface area contributed by atoms with Gasteiger partial charge in [0.1, 0.15) is 0 Å². The molecule has 1 rings (SSSR count). The molecule has 0 unspecified atom stereocenters. The topological polar surface area (TPSA) is 80.4 Å². The van der Waals surface area contributed by atoms with E-state index in [1.165, 1.54) is 0 Å². The maximum absolute atomic E-state index is 10.6. The van der Waals surface area contributed by atoms with Gasteiger partial charge in [-0.1, -0.05) is 20.8 Å². The van der Waals surface area contributed by atoms with Gasteiger partial charge < -0.3 is 9.52 Å². The molecule has 0 aliphatic heterocycles. The summed E-state index contributed by atoms with van der Waals surface area (Å²) in [6, 6.07) is 0. The maximum atomic E-state index is 10.6. The van der Waals surface area contributed by atoms with Crippen molar-refractivity contribution < 1.29 is 19.1 Å². The van der Waals surface area contributed by atoms with Crippen LogP contribution in [0.25, 0.3) is 0 Å². The van der Waals surface area contributed by atoms with Gasteiger partial charge in [0.25, 0.3) is 0 Å². The second-order valence-electron chi connectivity index (χ2n) is 3.91. The molecule has 0 fully saturated rings. The summed E-state index contributed by atoms with van der Waals surface area (Å²) in [4.78, 5) is 24.9. The lowest BCUT2D eigenvalue weighted by Gasteiger charge is -2.11. The predicted molar refractivity (Wildman–Crippen MR) is 47.5 cm³/mol. The largest absolute Gasteiger partial charge is 0.475 e. The molecule has 0 saturated heterocycles. The number of aldehydes is 1. The Morgan fingerprint density at radius 3 is 2.36 bits per heavy atom. The Bertz CT molecular complexity index is 373. The molecule has 1 heterocycles. The minimum atomic E-state index is -1.28. The van der Waals surface area contributed by atoms with Crippen LogP contribution in [0.5, 0.6) is 0 Å². The van der Waals surface area contributed by atoms with E-state index in [0.717, 1.165) is 0 Å². The van der Waals surface area contributed by atoms with Crippen LogP contribution in [0.3, 0.4) is 0 Å². The van der Waals surface area contributed by atoms with Gasteiger partial charge in [0.15, 0.2) is 12.0 Å². The van der Waals surface area contributed by atoms with E-state index in [1.54, 1.807) is 0 Å². The molecule has 1 aromatic heterocycles. The lowest BCUT2D eigenvalue weighted by molar-refractivity contribution is 0.0655. The number of aromatic carboxylic acids is 1. The minimum Gasteiger partial charge on any atom is -0.475 e. The van der Waals surface area contributed by atoms with Gasteiger partial charge in [0.05, 0.1) is 0 Å². The number of hydrogen-bond donors (Lipinski definition) is 1. The van der Waals surface area contributed by atoms with Crippen molar-refractivity contribution in [2.45, 2.75) is 26.2 Å². The zero-order valence-electron chi connectivity index (χ0n) is 8.20. The number of aromatic nitrogens is 1. The SMILES string of the molecule is CC(C)(C)c1nc(C=O)c(C(=O)O)o1. The van der Waals surface area contributed by atoms with Gasteiger partial charge in [-0.15, -0.1) is 0 Å². The van der Waals surface area contributed by atoms with Crippen LogP contribution < -0.4 is 0 Å². The summed E-state index contributed by atoms with van der Waals surface area (Å²) in [7, 11) is 0. The summed E-state index contributed by atoms with van der Waals surface area (Å²) in [6.45, 7) is 5.46. The molecule has 1 aromatic rings. The number of nitrogens with zero attached hydrogens (tertiary/aromatic N) is 1. The number of carbonyl (C=O) groups is 2. The molecule has 0 atom stereocenters. The van der Waals surface area contributed by atoms with E-state index in [9.17, 15) is 9.59 Å². The molecular formula is C9H11NO4. The van der Waals surface area contributed by atoms with Gasteiger partial charge in [-0.3, -0.25) is 4.79 Å². The van der Waals surface area contributed by atoms with Gasteiger partial charge in [-0.2, -0.15) is 0 Å². The number of carboxylic acid groups (broad SMARTS) is 1. The van der Waals surface area contributed by atoms with E-state index < -0.39 is 17.1 Å². The number of oxazole rings is 1. The van der Waals surface area contributed by atoms with E-state index in [-0.39, 0.29) is 11.6 Å². The molecule has 14 heavy (non-hydrogen) atoms. The Balaban J connectivity index is 3.27. The molecule has 0 aromatic carbocycles. The molecule has 1 N–H and O–H groups in total. The number of hydrogen-bond acceptors (Lipinski definition) is 4. The first-order valence-electron chi connectivity index (χ1n) is 4.06. The molecule has 0 spiro atoms. The molecular weight excluding hydrogens is 186 g/mol.